The molecule has 0 bridgehead atoms. The minimum absolute atomic E-state index is 0. The van der Waals surface area contributed by atoms with Gasteiger partial charge in [0.2, 0.25) is 0 Å². The highest BCUT2D eigenvalue weighted by molar-refractivity contribution is 14.0. The molecule has 0 radical (unpaired) electrons. The largest absolute Gasteiger partial charge is 0.490 e. The normalized spacial score (nSPS) is 15.0. The van der Waals surface area contributed by atoms with Crippen LogP contribution in [0.15, 0.2) is 59.7 Å². The Bertz CT molecular complexity index is 953. The van der Waals surface area contributed by atoms with Crippen LogP contribution in [0.5, 0.6) is 5.75 Å². The minimum atomic E-state index is 0. The van der Waals surface area contributed by atoms with E-state index in [1.54, 1.807) is 0 Å². The molecule has 0 unspecified atom stereocenters. The fraction of sp³-hybridized carbons (Fsp3) is 0.435. The molecular weight excluding hydrogens is 503 g/mol. The molecule has 0 saturated carbocycles. The van der Waals surface area contributed by atoms with Crippen LogP contribution in [-0.4, -0.2) is 57.7 Å². The number of hydrogen-bond donors (Lipinski definition) is 1. The zero-order chi connectivity index (χ0) is 20.6. The van der Waals surface area contributed by atoms with Gasteiger partial charge in [0.25, 0.3) is 0 Å². The van der Waals surface area contributed by atoms with E-state index in [4.69, 9.17) is 9.73 Å². The van der Waals surface area contributed by atoms with Crippen LogP contribution in [0.3, 0.4) is 0 Å². The number of aryl methyl sites for hydroxylation is 1. The summed E-state index contributed by atoms with van der Waals surface area (Å²) < 4.78 is 8.16. The predicted octanol–water partition coefficient (Wildman–Crippen LogP) is 3.79. The molecule has 0 amide bonds. The Balaban J connectivity index is 0.00000272. The summed E-state index contributed by atoms with van der Waals surface area (Å²) in [6, 6.07) is 16.1. The maximum Gasteiger partial charge on any atom is 0.193 e. The molecule has 31 heavy (non-hydrogen) atoms. The number of guanidine groups is 1. The summed E-state index contributed by atoms with van der Waals surface area (Å²) in [6.45, 7) is 5.66. The van der Waals surface area contributed by atoms with E-state index in [0.717, 1.165) is 75.0 Å². The van der Waals surface area contributed by atoms with Crippen LogP contribution < -0.4 is 10.1 Å². The third-order valence-electron chi connectivity index (χ3n) is 5.33. The number of aromatic nitrogens is 3. The molecule has 3 heterocycles. The number of fused-ring (bicyclic) bond motifs is 1. The Morgan fingerprint density at radius 3 is 2.65 bits per heavy atom. The molecule has 2 aromatic heterocycles. The van der Waals surface area contributed by atoms with Crippen LogP contribution in [0.4, 0.5) is 0 Å². The van der Waals surface area contributed by atoms with Gasteiger partial charge >= 0.3 is 0 Å². The number of nitrogens with one attached hydrogen (secondary N) is 1. The zero-order valence-electron chi connectivity index (χ0n) is 18.0. The molecule has 1 aromatic carbocycles. The van der Waals surface area contributed by atoms with Crippen molar-refractivity contribution >= 4 is 35.6 Å². The van der Waals surface area contributed by atoms with Crippen molar-refractivity contribution < 1.29 is 4.74 Å². The number of hydrogen-bond acceptors (Lipinski definition) is 4. The summed E-state index contributed by atoms with van der Waals surface area (Å²) in [5, 5.41) is 12.0. The molecule has 3 aromatic rings. The third-order valence-corrected chi connectivity index (χ3v) is 5.33. The van der Waals surface area contributed by atoms with Gasteiger partial charge < -0.3 is 15.0 Å². The van der Waals surface area contributed by atoms with Crippen LogP contribution in [0.1, 0.15) is 32.0 Å². The second-order valence-electron chi connectivity index (χ2n) is 7.50. The number of halogens is 1. The number of aliphatic imine (C=N–C) groups is 1. The average Bonchev–Trinajstić information content (AvgIpc) is 3.20. The number of ether oxygens (including phenoxy) is 1. The van der Waals surface area contributed by atoms with E-state index < -0.39 is 0 Å². The van der Waals surface area contributed by atoms with Gasteiger partial charge in [-0.25, -0.2) is 0 Å². The summed E-state index contributed by atoms with van der Waals surface area (Å²) in [4.78, 5) is 7.21. The third kappa shape index (κ3) is 6.32. The molecular formula is C23H31IN6O. The highest BCUT2D eigenvalue weighted by Gasteiger charge is 2.22. The van der Waals surface area contributed by atoms with Crippen molar-refractivity contribution in [3.05, 3.63) is 60.6 Å². The maximum atomic E-state index is 6.12. The van der Waals surface area contributed by atoms with Crippen molar-refractivity contribution in [3.63, 3.8) is 0 Å². The number of rotatable bonds is 7. The molecule has 0 aliphatic carbocycles. The first-order chi connectivity index (χ1) is 14.8. The first-order valence-corrected chi connectivity index (χ1v) is 10.9. The number of para-hydroxylation sites is 1. The van der Waals surface area contributed by atoms with Crippen molar-refractivity contribution in [3.8, 4) is 5.75 Å². The first-order valence-electron chi connectivity index (χ1n) is 10.9. The summed E-state index contributed by atoms with van der Waals surface area (Å²) >= 11 is 0. The SMILES string of the molecule is CCNC(=NCCCc1nnc2ccccn12)N1CCC(Oc2ccccc2)CC1.I. The predicted molar refractivity (Wildman–Crippen MR) is 134 cm³/mol. The van der Waals surface area contributed by atoms with Gasteiger partial charge in [-0.1, -0.05) is 24.3 Å². The lowest BCUT2D eigenvalue weighted by atomic mass is 10.1. The van der Waals surface area contributed by atoms with Gasteiger partial charge in [-0.3, -0.25) is 9.39 Å². The van der Waals surface area contributed by atoms with Crippen molar-refractivity contribution in [1.29, 1.82) is 0 Å². The number of pyridine rings is 1. The first kappa shape index (κ1) is 23.3. The smallest absolute Gasteiger partial charge is 0.193 e. The van der Waals surface area contributed by atoms with Gasteiger partial charge in [0, 0.05) is 51.6 Å². The number of likely N-dealkylation sites (tertiary alicyclic amines) is 1. The van der Waals surface area contributed by atoms with E-state index in [1.807, 2.05) is 59.1 Å². The molecule has 1 fully saturated rings. The van der Waals surface area contributed by atoms with Crippen LogP contribution in [0, 0.1) is 0 Å². The molecule has 166 valence electrons. The topological polar surface area (TPSA) is 67.0 Å². The molecule has 1 N–H and O–H groups in total. The molecule has 0 atom stereocenters. The molecule has 7 nitrogen and oxygen atoms in total. The Hall–Kier alpha value is -2.36. The van der Waals surface area contributed by atoms with Crippen LogP contribution >= 0.6 is 24.0 Å². The second kappa shape index (κ2) is 11.9. The average molecular weight is 534 g/mol. The Morgan fingerprint density at radius 2 is 1.87 bits per heavy atom. The number of piperidine rings is 1. The van der Waals surface area contributed by atoms with Crippen molar-refractivity contribution in [2.24, 2.45) is 4.99 Å². The van der Waals surface area contributed by atoms with Crippen LogP contribution in [-0.2, 0) is 6.42 Å². The van der Waals surface area contributed by atoms with E-state index >= 15 is 0 Å². The zero-order valence-corrected chi connectivity index (χ0v) is 20.3. The maximum absolute atomic E-state index is 6.12. The van der Waals surface area contributed by atoms with Gasteiger partial charge in [-0.05, 0) is 37.6 Å². The fourth-order valence-corrected chi connectivity index (χ4v) is 3.79. The van der Waals surface area contributed by atoms with Gasteiger partial charge in [0.15, 0.2) is 11.6 Å². The number of benzene rings is 1. The lowest BCUT2D eigenvalue weighted by molar-refractivity contribution is 0.129. The van der Waals surface area contributed by atoms with Gasteiger partial charge in [-0.2, -0.15) is 0 Å². The molecule has 0 spiro atoms. The van der Waals surface area contributed by atoms with Crippen molar-refractivity contribution in [2.45, 2.75) is 38.7 Å². The highest BCUT2D eigenvalue weighted by Crippen LogP contribution is 2.18. The monoisotopic (exact) mass is 534 g/mol. The molecule has 1 saturated heterocycles. The molecule has 1 aliphatic rings. The van der Waals surface area contributed by atoms with Gasteiger partial charge in [0.1, 0.15) is 17.7 Å². The Labute approximate surface area is 200 Å². The Morgan fingerprint density at radius 1 is 1.10 bits per heavy atom. The van der Waals surface area contributed by atoms with Crippen LogP contribution in [0.25, 0.3) is 5.65 Å². The van der Waals surface area contributed by atoms with Crippen molar-refractivity contribution in [2.75, 3.05) is 26.2 Å². The Kier molecular flexibility index (Phi) is 8.93. The summed E-state index contributed by atoms with van der Waals surface area (Å²) in [6.07, 6.45) is 6.10. The molecule has 4 rings (SSSR count). The molecule has 8 heteroatoms. The van der Waals surface area contributed by atoms with E-state index in [1.165, 1.54) is 0 Å². The van der Waals surface area contributed by atoms with Gasteiger partial charge in [-0.15, -0.1) is 34.2 Å². The standard InChI is InChI=1S/C23H30N6O.HI/c1-2-24-23(25-15-8-12-22-27-26-21-11-6-7-16-29(21)22)28-17-13-20(14-18-28)30-19-9-4-3-5-10-19;/h3-7,9-11,16,20H,2,8,12-15,17-18H2,1H3,(H,24,25);1H. The summed E-state index contributed by atoms with van der Waals surface area (Å²) in [7, 11) is 0. The second-order valence-corrected chi connectivity index (χ2v) is 7.50. The van der Waals surface area contributed by atoms with E-state index in [-0.39, 0.29) is 30.1 Å². The fourth-order valence-electron chi connectivity index (χ4n) is 3.79. The molecule has 1 aliphatic heterocycles. The van der Waals surface area contributed by atoms with Crippen molar-refractivity contribution in [1.82, 2.24) is 24.8 Å². The lowest BCUT2D eigenvalue weighted by Crippen LogP contribution is -2.47. The number of nitrogens with zero attached hydrogens (tertiary/aromatic N) is 5. The quantitative estimate of drug-likeness (QED) is 0.216. The van der Waals surface area contributed by atoms with E-state index in [2.05, 4.69) is 27.3 Å². The summed E-state index contributed by atoms with van der Waals surface area (Å²) in [5.41, 5.74) is 0.893. The minimum Gasteiger partial charge on any atom is -0.490 e. The van der Waals surface area contributed by atoms with E-state index in [9.17, 15) is 0 Å². The van der Waals surface area contributed by atoms with Gasteiger partial charge in [0.05, 0.1) is 0 Å². The lowest BCUT2D eigenvalue weighted by Gasteiger charge is -2.34. The summed E-state index contributed by atoms with van der Waals surface area (Å²) in [5.74, 6) is 2.95. The van der Waals surface area contributed by atoms with E-state index in [0.29, 0.717) is 0 Å². The van der Waals surface area contributed by atoms with Crippen LogP contribution in [0.2, 0.25) is 0 Å². The highest BCUT2D eigenvalue weighted by atomic mass is 127.